The van der Waals surface area contributed by atoms with E-state index in [1.807, 2.05) is 25.1 Å². The van der Waals surface area contributed by atoms with Gasteiger partial charge >= 0.3 is 0 Å². The molecule has 4 heteroatoms. The maximum absolute atomic E-state index is 5.74. The Morgan fingerprint density at radius 2 is 1.85 bits per heavy atom. The van der Waals surface area contributed by atoms with Crippen LogP contribution in [-0.2, 0) is 6.42 Å². The molecule has 3 nitrogen and oxygen atoms in total. The summed E-state index contributed by atoms with van der Waals surface area (Å²) in [5.74, 6) is 6.63. The van der Waals surface area contributed by atoms with Gasteiger partial charge in [0.2, 0.25) is 0 Å². The van der Waals surface area contributed by atoms with E-state index >= 15 is 0 Å². The zero-order chi connectivity index (χ0) is 14.4. The van der Waals surface area contributed by atoms with Crippen LogP contribution in [-0.4, -0.2) is 6.61 Å². The highest BCUT2D eigenvalue weighted by Crippen LogP contribution is 2.27. The normalized spacial score (nSPS) is 12.2. The Labute approximate surface area is 133 Å². The molecule has 0 saturated carbocycles. The first-order valence-corrected chi connectivity index (χ1v) is 7.74. The minimum atomic E-state index is 0.0396. The Morgan fingerprint density at radius 3 is 2.50 bits per heavy atom. The second-order valence-corrected chi connectivity index (χ2v) is 5.77. The Bertz CT molecular complexity index is 542. The largest absolute Gasteiger partial charge is 0.494 e. The SMILES string of the molecule is CCOc1ccccc1C(Cc1ccc(I)cc1)NN. The first-order chi connectivity index (χ1) is 9.74. The van der Waals surface area contributed by atoms with E-state index < -0.39 is 0 Å². The molecule has 0 aromatic heterocycles. The van der Waals surface area contributed by atoms with E-state index in [9.17, 15) is 0 Å². The first kappa shape index (κ1) is 15.3. The van der Waals surface area contributed by atoms with Gasteiger partial charge in [-0.15, -0.1) is 0 Å². The second kappa shape index (κ2) is 7.61. The van der Waals surface area contributed by atoms with Crippen molar-refractivity contribution in [3.05, 3.63) is 63.2 Å². The second-order valence-electron chi connectivity index (χ2n) is 4.52. The van der Waals surface area contributed by atoms with Gasteiger partial charge in [0.25, 0.3) is 0 Å². The van der Waals surface area contributed by atoms with E-state index in [2.05, 4.69) is 58.3 Å². The van der Waals surface area contributed by atoms with Gasteiger partial charge in [-0.3, -0.25) is 11.3 Å². The molecular weight excluding hydrogens is 363 g/mol. The summed E-state index contributed by atoms with van der Waals surface area (Å²) in [6.45, 7) is 2.64. The van der Waals surface area contributed by atoms with E-state index in [0.29, 0.717) is 6.61 Å². The number of benzene rings is 2. The van der Waals surface area contributed by atoms with Gasteiger partial charge < -0.3 is 4.74 Å². The summed E-state index contributed by atoms with van der Waals surface area (Å²) in [6.07, 6.45) is 0.831. The van der Waals surface area contributed by atoms with Crippen molar-refractivity contribution in [3.63, 3.8) is 0 Å². The molecule has 0 bridgehead atoms. The highest BCUT2D eigenvalue weighted by Gasteiger charge is 2.15. The summed E-state index contributed by atoms with van der Waals surface area (Å²) in [6, 6.07) is 16.6. The topological polar surface area (TPSA) is 47.3 Å². The van der Waals surface area contributed by atoms with E-state index in [1.54, 1.807) is 0 Å². The third-order valence-electron chi connectivity index (χ3n) is 3.15. The van der Waals surface area contributed by atoms with Crippen LogP contribution in [0.4, 0.5) is 0 Å². The Morgan fingerprint density at radius 1 is 1.15 bits per heavy atom. The smallest absolute Gasteiger partial charge is 0.124 e. The fourth-order valence-electron chi connectivity index (χ4n) is 2.17. The average Bonchev–Trinajstić information content (AvgIpc) is 2.48. The van der Waals surface area contributed by atoms with Gasteiger partial charge in [-0.05, 0) is 59.7 Å². The maximum Gasteiger partial charge on any atom is 0.124 e. The highest BCUT2D eigenvalue weighted by atomic mass is 127. The Kier molecular flexibility index (Phi) is 5.82. The number of nitrogens with two attached hydrogens (primary N) is 1. The molecule has 0 amide bonds. The average molecular weight is 382 g/mol. The van der Waals surface area contributed by atoms with Crippen molar-refractivity contribution >= 4 is 22.6 Å². The monoisotopic (exact) mass is 382 g/mol. The lowest BCUT2D eigenvalue weighted by atomic mass is 9.98. The van der Waals surface area contributed by atoms with E-state index in [-0.39, 0.29) is 6.04 Å². The van der Waals surface area contributed by atoms with E-state index in [4.69, 9.17) is 10.6 Å². The van der Waals surface area contributed by atoms with Crippen LogP contribution in [0.2, 0.25) is 0 Å². The van der Waals surface area contributed by atoms with Gasteiger partial charge in [-0.25, -0.2) is 0 Å². The number of hydrazine groups is 1. The molecule has 106 valence electrons. The van der Waals surface area contributed by atoms with Crippen LogP contribution in [0.3, 0.4) is 0 Å². The molecule has 0 aliphatic rings. The van der Waals surface area contributed by atoms with Crippen molar-refractivity contribution in [3.8, 4) is 5.75 Å². The molecule has 0 heterocycles. The van der Waals surface area contributed by atoms with Crippen molar-refractivity contribution in [2.45, 2.75) is 19.4 Å². The van der Waals surface area contributed by atoms with Crippen molar-refractivity contribution in [1.29, 1.82) is 0 Å². The lowest BCUT2D eigenvalue weighted by Gasteiger charge is -2.19. The van der Waals surface area contributed by atoms with Gasteiger partial charge in [0, 0.05) is 9.13 Å². The van der Waals surface area contributed by atoms with Crippen LogP contribution >= 0.6 is 22.6 Å². The number of hydrogen-bond donors (Lipinski definition) is 2. The van der Waals surface area contributed by atoms with Gasteiger partial charge in [-0.1, -0.05) is 30.3 Å². The van der Waals surface area contributed by atoms with Crippen molar-refractivity contribution in [1.82, 2.24) is 5.43 Å². The summed E-state index contributed by atoms with van der Waals surface area (Å²) in [4.78, 5) is 0. The molecule has 0 spiro atoms. The van der Waals surface area contributed by atoms with Crippen LogP contribution < -0.4 is 16.0 Å². The predicted octanol–water partition coefficient (Wildman–Crippen LogP) is 3.44. The van der Waals surface area contributed by atoms with Gasteiger partial charge in [0.15, 0.2) is 0 Å². The van der Waals surface area contributed by atoms with Crippen LogP contribution in [0.1, 0.15) is 24.1 Å². The van der Waals surface area contributed by atoms with Gasteiger partial charge in [0.1, 0.15) is 5.75 Å². The Balaban J connectivity index is 2.21. The van der Waals surface area contributed by atoms with Crippen LogP contribution in [0.25, 0.3) is 0 Å². The zero-order valence-corrected chi connectivity index (χ0v) is 13.6. The third-order valence-corrected chi connectivity index (χ3v) is 3.87. The number of halogens is 1. The summed E-state index contributed by atoms with van der Waals surface area (Å²) < 4.78 is 6.91. The van der Waals surface area contributed by atoms with Gasteiger partial charge in [-0.2, -0.15) is 0 Å². The lowest BCUT2D eigenvalue weighted by Crippen LogP contribution is -2.30. The fourth-order valence-corrected chi connectivity index (χ4v) is 2.53. The number of ether oxygens (including phenoxy) is 1. The van der Waals surface area contributed by atoms with Crippen LogP contribution in [0, 0.1) is 3.57 Å². The maximum atomic E-state index is 5.74. The molecule has 1 unspecified atom stereocenters. The third kappa shape index (κ3) is 3.94. The molecule has 20 heavy (non-hydrogen) atoms. The molecule has 2 aromatic carbocycles. The number of para-hydroxylation sites is 1. The highest BCUT2D eigenvalue weighted by molar-refractivity contribution is 14.1. The molecule has 3 N–H and O–H groups in total. The quantitative estimate of drug-likeness (QED) is 0.457. The standard InChI is InChI=1S/C16H19IN2O/c1-2-20-16-6-4-3-5-14(16)15(19-18)11-12-7-9-13(17)10-8-12/h3-10,15,19H,2,11,18H2,1H3. The predicted molar refractivity (Wildman–Crippen MR) is 90.5 cm³/mol. The minimum Gasteiger partial charge on any atom is -0.494 e. The fraction of sp³-hybridized carbons (Fsp3) is 0.250. The van der Waals surface area contributed by atoms with Gasteiger partial charge in [0.05, 0.1) is 12.6 Å². The van der Waals surface area contributed by atoms with E-state index in [0.717, 1.165) is 17.7 Å². The van der Waals surface area contributed by atoms with E-state index in [1.165, 1.54) is 9.13 Å². The molecular formula is C16H19IN2O. The first-order valence-electron chi connectivity index (χ1n) is 6.67. The molecule has 2 rings (SSSR count). The molecule has 2 aromatic rings. The molecule has 0 fully saturated rings. The number of hydrogen-bond acceptors (Lipinski definition) is 3. The van der Waals surface area contributed by atoms with Crippen LogP contribution in [0.5, 0.6) is 5.75 Å². The summed E-state index contributed by atoms with van der Waals surface area (Å²) in [7, 11) is 0. The molecule has 0 radical (unpaired) electrons. The minimum absolute atomic E-state index is 0.0396. The lowest BCUT2D eigenvalue weighted by molar-refractivity contribution is 0.331. The Hall–Kier alpha value is -1.11. The van der Waals surface area contributed by atoms with Crippen LogP contribution in [0.15, 0.2) is 48.5 Å². The summed E-state index contributed by atoms with van der Waals surface area (Å²) in [5.41, 5.74) is 5.24. The summed E-state index contributed by atoms with van der Waals surface area (Å²) >= 11 is 2.31. The number of nitrogens with one attached hydrogen (secondary N) is 1. The zero-order valence-electron chi connectivity index (χ0n) is 11.5. The molecule has 0 aliphatic heterocycles. The number of rotatable bonds is 6. The molecule has 0 aliphatic carbocycles. The molecule has 1 atom stereocenters. The summed E-state index contributed by atoms with van der Waals surface area (Å²) in [5, 5.41) is 0. The van der Waals surface area contributed by atoms with Crippen molar-refractivity contribution in [2.75, 3.05) is 6.61 Å². The van der Waals surface area contributed by atoms with Crippen molar-refractivity contribution < 1.29 is 4.74 Å². The molecule has 0 saturated heterocycles. The van der Waals surface area contributed by atoms with Crippen molar-refractivity contribution in [2.24, 2.45) is 5.84 Å².